The third-order valence-corrected chi connectivity index (χ3v) is 6.14. The number of hydrogen-bond donors (Lipinski definition) is 4. The maximum atomic E-state index is 12.0. The van der Waals surface area contributed by atoms with Crippen molar-refractivity contribution in [2.45, 2.75) is 96.8 Å². The maximum absolute atomic E-state index is 12.0. The number of nitrogens with one attached hydrogen (secondary N) is 3. The van der Waals surface area contributed by atoms with Crippen molar-refractivity contribution in [1.29, 1.82) is 0 Å². The molecule has 0 saturated heterocycles. The molecule has 0 radical (unpaired) electrons. The number of amides is 1. The van der Waals surface area contributed by atoms with E-state index in [9.17, 15) is 4.79 Å². The van der Waals surface area contributed by atoms with Crippen LogP contribution < -0.4 is 26.6 Å². The minimum absolute atomic E-state index is 0.119. The van der Waals surface area contributed by atoms with Gasteiger partial charge in [0.15, 0.2) is 18.2 Å². The zero-order chi connectivity index (χ0) is 25.7. The maximum Gasteiger partial charge on any atom is 0.276 e. The number of rotatable bonds is 21. The monoisotopic (exact) mass is 498 g/mol. The molecule has 200 valence electrons. The van der Waals surface area contributed by atoms with Crippen LogP contribution in [0.15, 0.2) is 36.7 Å². The van der Waals surface area contributed by atoms with E-state index >= 15 is 0 Å². The van der Waals surface area contributed by atoms with Gasteiger partial charge in [-0.3, -0.25) is 15.6 Å². The molecule has 5 N–H and O–H groups in total. The lowest BCUT2D eigenvalue weighted by Gasteiger charge is -2.13. The highest BCUT2D eigenvalue weighted by Crippen LogP contribution is 2.22. The number of nitrogen functional groups attached to an aromatic ring is 1. The normalized spacial score (nSPS) is 10.7. The van der Waals surface area contributed by atoms with Crippen molar-refractivity contribution >= 4 is 23.2 Å². The van der Waals surface area contributed by atoms with E-state index < -0.39 is 0 Å². The van der Waals surface area contributed by atoms with Crippen LogP contribution in [0.3, 0.4) is 0 Å². The summed E-state index contributed by atoms with van der Waals surface area (Å²) in [7, 11) is 0. The van der Waals surface area contributed by atoms with Crippen molar-refractivity contribution in [2.75, 3.05) is 29.6 Å². The SMILES string of the molecule is CCCCCCCCCCCCCCCCNc1ncnc(NNC(=O)COc2ccccc2)c1N. The van der Waals surface area contributed by atoms with Crippen LogP contribution in [0.25, 0.3) is 0 Å². The summed E-state index contributed by atoms with van der Waals surface area (Å²) in [5.41, 5.74) is 11.8. The summed E-state index contributed by atoms with van der Waals surface area (Å²) in [6.07, 6.45) is 20.1. The number of hydrogen-bond acceptors (Lipinski definition) is 7. The van der Waals surface area contributed by atoms with E-state index in [4.69, 9.17) is 10.5 Å². The van der Waals surface area contributed by atoms with E-state index in [1.165, 1.54) is 89.8 Å². The standard InChI is InChI=1S/C28H46N6O2/c1-2-3-4-5-6-7-8-9-10-11-12-13-14-18-21-30-27-26(29)28(32-23-31-27)34-33-25(35)22-36-24-19-16-15-17-20-24/h15-17,19-20,23H,2-14,18,21-22,29H2,1H3,(H,33,35)(H2,30,31,32,34). The van der Waals surface area contributed by atoms with Gasteiger partial charge in [0.05, 0.1) is 0 Å². The highest BCUT2D eigenvalue weighted by Gasteiger charge is 2.09. The van der Waals surface area contributed by atoms with Crippen LogP contribution in [0.5, 0.6) is 5.75 Å². The zero-order valence-electron chi connectivity index (χ0n) is 22.1. The molecule has 1 aromatic carbocycles. The lowest BCUT2D eigenvalue weighted by Crippen LogP contribution is -2.34. The van der Waals surface area contributed by atoms with Crippen LogP contribution in [-0.4, -0.2) is 29.0 Å². The molecule has 0 bridgehead atoms. The lowest BCUT2D eigenvalue weighted by molar-refractivity contribution is -0.122. The molecule has 1 amide bonds. The van der Waals surface area contributed by atoms with Gasteiger partial charge in [-0.05, 0) is 18.6 Å². The van der Waals surface area contributed by atoms with Crippen molar-refractivity contribution < 1.29 is 9.53 Å². The van der Waals surface area contributed by atoms with Gasteiger partial charge in [0.25, 0.3) is 5.91 Å². The third-order valence-electron chi connectivity index (χ3n) is 6.14. The van der Waals surface area contributed by atoms with Gasteiger partial charge >= 0.3 is 0 Å². The first kappa shape index (κ1) is 29.2. The average molecular weight is 499 g/mol. The Hall–Kier alpha value is -3.03. The van der Waals surface area contributed by atoms with E-state index in [-0.39, 0.29) is 12.5 Å². The largest absolute Gasteiger partial charge is 0.484 e. The zero-order valence-corrected chi connectivity index (χ0v) is 22.1. The fraction of sp³-hybridized carbons (Fsp3) is 0.607. The van der Waals surface area contributed by atoms with Gasteiger partial charge in [-0.15, -0.1) is 0 Å². The Labute approximate surface area is 217 Å². The van der Waals surface area contributed by atoms with Crippen molar-refractivity contribution in [3.05, 3.63) is 36.7 Å². The number of aromatic nitrogens is 2. The van der Waals surface area contributed by atoms with Crippen LogP contribution in [-0.2, 0) is 4.79 Å². The quantitative estimate of drug-likeness (QED) is 0.115. The molecule has 0 unspecified atom stereocenters. The van der Waals surface area contributed by atoms with Crippen molar-refractivity contribution in [1.82, 2.24) is 15.4 Å². The van der Waals surface area contributed by atoms with Gasteiger partial charge in [0.2, 0.25) is 0 Å². The summed E-state index contributed by atoms with van der Waals surface area (Å²) in [5, 5.41) is 3.28. The molecule has 0 aliphatic rings. The number of benzene rings is 1. The Bertz CT molecular complexity index is 834. The molecule has 0 atom stereocenters. The van der Waals surface area contributed by atoms with Crippen LogP contribution in [0.4, 0.5) is 17.3 Å². The summed E-state index contributed by atoms with van der Waals surface area (Å²) in [5.74, 6) is 1.21. The first-order valence-corrected chi connectivity index (χ1v) is 13.8. The Morgan fingerprint density at radius 3 is 1.97 bits per heavy atom. The average Bonchev–Trinajstić information content (AvgIpc) is 2.90. The van der Waals surface area contributed by atoms with E-state index in [0.717, 1.165) is 13.0 Å². The Morgan fingerprint density at radius 2 is 1.36 bits per heavy atom. The number of carbonyl (C=O) groups is 1. The lowest BCUT2D eigenvalue weighted by atomic mass is 10.0. The van der Waals surface area contributed by atoms with Gasteiger partial charge in [-0.25, -0.2) is 9.97 Å². The fourth-order valence-corrected chi connectivity index (χ4v) is 3.99. The van der Waals surface area contributed by atoms with Crippen LogP contribution >= 0.6 is 0 Å². The second kappa shape index (κ2) is 19.2. The van der Waals surface area contributed by atoms with Crippen LogP contribution in [0.1, 0.15) is 96.8 Å². The molecular weight excluding hydrogens is 452 g/mol. The molecule has 8 heteroatoms. The summed E-state index contributed by atoms with van der Waals surface area (Å²) in [4.78, 5) is 20.3. The summed E-state index contributed by atoms with van der Waals surface area (Å²) in [6.45, 7) is 2.95. The minimum Gasteiger partial charge on any atom is -0.484 e. The van der Waals surface area contributed by atoms with Gasteiger partial charge in [0, 0.05) is 6.54 Å². The topological polar surface area (TPSA) is 114 Å². The Balaban J connectivity index is 1.49. The first-order chi connectivity index (χ1) is 17.7. The molecule has 2 rings (SSSR count). The smallest absolute Gasteiger partial charge is 0.276 e. The van der Waals surface area contributed by atoms with E-state index in [1.54, 1.807) is 12.1 Å². The second-order valence-corrected chi connectivity index (χ2v) is 9.28. The summed E-state index contributed by atoms with van der Waals surface area (Å²) < 4.78 is 5.42. The number of ether oxygens (including phenoxy) is 1. The molecule has 8 nitrogen and oxygen atoms in total. The molecule has 2 aromatic rings. The molecule has 0 spiro atoms. The van der Waals surface area contributed by atoms with E-state index in [1.807, 2.05) is 18.2 Å². The van der Waals surface area contributed by atoms with Gasteiger partial charge < -0.3 is 15.8 Å². The van der Waals surface area contributed by atoms with Crippen molar-refractivity contribution in [2.24, 2.45) is 0 Å². The van der Waals surface area contributed by atoms with Crippen LogP contribution in [0, 0.1) is 0 Å². The molecular formula is C28H46N6O2. The van der Waals surface area contributed by atoms with Gasteiger partial charge in [0.1, 0.15) is 17.8 Å². The number of unbranched alkanes of at least 4 members (excludes halogenated alkanes) is 13. The fourth-order valence-electron chi connectivity index (χ4n) is 3.99. The number of nitrogens with two attached hydrogens (primary N) is 1. The summed E-state index contributed by atoms with van der Waals surface area (Å²) in [6, 6.07) is 9.16. The highest BCUT2D eigenvalue weighted by atomic mass is 16.5. The first-order valence-electron chi connectivity index (χ1n) is 13.8. The number of para-hydroxylation sites is 1. The number of nitrogens with zero attached hydrogens (tertiary/aromatic N) is 2. The molecule has 1 aromatic heterocycles. The molecule has 0 fully saturated rings. The molecule has 0 saturated carbocycles. The molecule has 0 aliphatic heterocycles. The Morgan fingerprint density at radius 1 is 0.806 bits per heavy atom. The minimum atomic E-state index is -0.339. The number of carbonyl (C=O) groups excluding carboxylic acids is 1. The predicted octanol–water partition coefficient (Wildman–Crippen LogP) is 6.47. The molecule has 0 aliphatic carbocycles. The summed E-state index contributed by atoms with van der Waals surface area (Å²) >= 11 is 0. The number of hydrazine groups is 1. The number of anilines is 3. The highest BCUT2D eigenvalue weighted by molar-refractivity contribution is 5.81. The van der Waals surface area contributed by atoms with Crippen molar-refractivity contribution in [3.8, 4) is 5.75 Å². The van der Waals surface area contributed by atoms with E-state index in [0.29, 0.717) is 23.1 Å². The third kappa shape index (κ3) is 13.2. The molecule has 36 heavy (non-hydrogen) atoms. The van der Waals surface area contributed by atoms with Crippen LogP contribution in [0.2, 0.25) is 0 Å². The Kier molecular flexibility index (Phi) is 15.6. The van der Waals surface area contributed by atoms with E-state index in [2.05, 4.69) is 33.1 Å². The predicted molar refractivity (Wildman–Crippen MR) is 149 cm³/mol. The van der Waals surface area contributed by atoms with Gasteiger partial charge in [-0.2, -0.15) is 0 Å². The molecule has 1 heterocycles. The second-order valence-electron chi connectivity index (χ2n) is 9.28. The van der Waals surface area contributed by atoms with Gasteiger partial charge in [-0.1, -0.05) is 109 Å². The van der Waals surface area contributed by atoms with Crippen molar-refractivity contribution in [3.63, 3.8) is 0 Å².